The lowest BCUT2D eigenvalue weighted by molar-refractivity contribution is -0.386. The average Bonchev–Trinajstić information content (AvgIpc) is 2.86. The van der Waals surface area contributed by atoms with E-state index in [0.717, 1.165) is 36.6 Å². The fraction of sp³-hybridized carbons (Fsp3) is 0.462. The summed E-state index contributed by atoms with van der Waals surface area (Å²) in [6.07, 6.45) is 7.09. The lowest BCUT2D eigenvalue weighted by atomic mass is 9.98. The maximum Gasteiger partial charge on any atom is 0.311 e. The van der Waals surface area contributed by atoms with Crippen molar-refractivity contribution in [1.82, 2.24) is 10.2 Å². The second-order valence-electron chi connectivity index (χ2n) is 4.91. The molecule has 2 aromatic rings. The van der Waals surface area contributed by atoms with E-state index in [9.17, 15) is 10.1 Å². The normalized spacial score (nSPS) is 16.6. The molecule has 1 saturated carbocycles. The van der Waals surface area contributed by atoms with Crippen LogP contribution in [0.15, 0.2) is 18.3 Å². The monoisotopic (exact) mass is 261 g/mol. The van der Waals surface area contributed by atoms with Crippen molar-refractivity contribution in [2.45, 2.75) is 38.2 Å². The van der Waals surface area contributed by atoms with Crippen molar-refractivity contribution in [3.63, 3.8) is 0 Å². The van der Waals surface area contributed by atoms with Crippen molar-refractivity contribution in [3.05, 3.63) is 28.4 Å². The Morgan fingerprint density at radius 3 is 2.84 bits per heavy atom. The third-order valence-corrected chi connectivity index (χ3v) is 3.56. The van der Waals surface area contributed by atoms with Gasteiger partial charge in [-0.3, -0.25) is 15.2 Å². The topological polar surface area (TPSA) is 81.0 Å². The van der Waals surface area contributed by atoms with Crippen molar-refractivity contribution < 1.29 is 9.66 Å². The number of rotatable bonds is 3. The summed E-state index contributed by atoms with van der Waals surface area (Å²) >= 11 is 0. The molecule has 0 aliphatic heterocycles. The molecule has 0 atom stereocenters. The summed E-state index contributed by atoms with van der Waals surface area (Å²) in [5, 5.41) is 18.5. The Labute approximate surface area is 109 Å². The van der Waals surface area contributed by atoms with Gasteiger partial charge in [-0.25, -0.2) is 0 Å². The molecule has 1 aliphatic carbocycles. The molecule has 1 heterocycles. The smallest absolute Gasteiger partial charge is 0.311 e. The quantitative estimate of drug-likeness (QED) is 0.679. The highest BCUT2D eigenvalue weighted by molar-refractivity contribution is 5.83. The first-order valence-electron chi connectivity index (χ1n) is 6.52. The summed E-state index contributed by atoms with van der Waals surface area (Å²) in [6.45, 7) is 0. The molecule has 1 aromatic carbocycles. The van der Waals surface area contributed by atoms with Gasteiger partial charge in [-0.2, -0.15) is 5.10 Å². The van der Waals surface area contributed by atoms with E-state index in [4.69, 9.17) is 4.74 Å². The Morgan fingerprint density at radius 2 is 2.11 bits per heavy atom. The Balaban J connectivity index is 1.94. The van der Waals surface area contributed by atoms with Crippen LogP contribution >= 0.6 is 0 Å². The van der Waals surface area contributed by atoms with Gasteiger partial charge in [0.2, 0.25) is 0 Å². The van der Waals surface area contributed by atoms with E-state index in [-0.39, 0.29) is 11.8 Å². The lowest BCUT2D eigenvalue weighted by Gasteiger charge is -2.22. The Morgan fingerprint density at radius 1 is 1.32 bits per heavy atom. The predicted octanol–water partition coefficient (Wildman–Crippen LogP) is 3.18. The number of aromatic nitrogens is 2. The van der Waals surface area contributed by atoms with Gasteiger partial charge in [0, 0.05) is 17.5 Å². The van der Waals surface area contributed by atoms with Gasteiger partial charge < -0.3 is 4.74 Å². The number of hydrogen-bond acceptors (Lipinski definition) is 4. The van der Waals surface area contributed by atoms with Crippen LogP contribution in [0.3, 0.4) is 0 Å². The van der Waals surface area contributed by atoms with Crippen LogP contribution in [0.5, 0.6) is 5.75 Å². The molecule has 1 aromatic heterocycles. The molecular weight excluding hydrogens is 246 g/mol. The number of nitro groups is 1. The summed E-state index contributed by atoms with van der Waals surface area (Å²) in [4.78, 5) is 10.7. The number of nitro benzene ring substituents is 1. The van der Waals surface area contributed by atoms with E-state index < -0.39 is 4.92 Å². The van der Waals surface area contributed by atoms with Gasteiger partial charge in [-0.15, -0.1) is 0 Å². The molecular formula is C13H15N3O3. The Kier molecular flexibility index (Phi) is 3.06. The van der Waals surface area contributed by atoms with Gasteiger partial charge in [0.1, 0.15) is 0 Å². The molecule has 0 radical (unpaired) electrons. The minimum absolute atomic E-state index is 0.0134. The van der Waals surface area contributed by atoms with Crippen molar-refractivity contribution in [1.29, 1.82) is 0 Å². The second kappa shape index (κ2) is 4.87. The van der Waals surface area contributed by atoms with E-state index >= 15 is 0 Å². The van der Waals surface area contributed by atoms with Gasteiger partial charge in [0.25, 0.3) is 0 Å². The first kappa shape index (κ1) is 12.0. The van der Waals surface area contributed by atoms with E-state index in [0.29, 0.717) is 5.75 Å². The Hall–Kier alpha value is -2.11. The predicted molar refractivity (Wildman–Crippen MR) is 70.2 cm³/mol. The van der Waals surface area contributed by atoms with Crippen molar-refractivity contribution in [2.24, 2.45) is 0 Å². The largest absolute Gasteiger partial charge is 0.483 e. The van der Waals surface area contributed by atoms with E-state index in [1.54, 1.807) is 12.3 Å². The molecule has 0 unspecified atom stereocenters. The number of nitrogens with one attached hydrogen (secondary N) is 1. The molecule has 0 bridgehead atoms. The zero-order valence-corrected chi connectivity index (χ0v) is 10.5. The van der Waals surface area contributed by atoms with Gasteiger partial charge in [-0.05, 0) is 25.7 Å². The van der Waals surface area contributed by atoms with Crippen molar-refractivity contribution in [3.8, 4) is 5.75 Å². The maximum absolute atomic E-state index is 11.1. The highest BCUT2D eigenvalue weighted by Gasteiger charge is 2.22. The van der Waals surface area contributed by atoms with Gasteiger partial charge >= 0.3 is 5.69 Å². The van der Waals surface area contributed by atoms with E-state index in [1.807, 2.05) is 0 Å². The first-order valence-corrected chi connectivity index (χ1v) is 6.52. The maximum atomic E-state index is 11.1. The van der Waals surface area contributed by atoms with Crippen LogP contribution in [0.1, 0.15) is 32.1 Å². The first-order chi connectivity index (χ1) is 9.24. The molecule has 0 spiro atoms. The highest BCUT2D eigenvalue weighted by Crippen LogP contribution is 2.34. The van der Waals surface area contributed by atoms with Crippen LogP contribution in [-0.2, 0) is 0 Å². The summed E-state index contributed by atoms with van der Waals surface area (Å²) in [5.41, 5.74) is 0.774. The lowest BCUT2D eigenvalue weighted by Crippen LogP contribution is -2.20. The summed E-state index contributed by atoms with van der Waals surface area (Å²) in [7, 11) is 0. The van der Waals surface area contributed by atoms with Crippen LogP contribution < -0.4 is 4.74 Å². The number of nitrogens with zero attached hydrogens (tertiary/aromatic N) is 2. The fourth-order valence-corrected chi connectivity index (χ4v) is 2.56. The van der Waals surface area contributed by atoms with Crippen LogP contribution in [-0.4, -0.2) is 21.2 Å². The minimum atomic E-state index is -0.398. The van der Waals surface area contributed by atoms with Crippen molar-refractivity contribution in [2.75, 3.05) is 0 Å². The summed E-state index contributed by atoms with van der Waals surface area (Å²) in [6, 6.07) is 3.19. The molecule has 100 valence electrons. The molecule has 1 fully saturated rings. The van der Waals surface area contributed by atoms with E-state index in [1.165, 1.54) is 12.5 Å². The highest BCUT2D eigenvalue weighted by atomic mass is 16.6. The molecule has 6 heteroatoms. The minimum Gasteiger partial charge on any atom is -0.483 e. The zero-order valence-electron chi connectivity index (χ0n) is 10.5. The molecule has 1 aliphatic rings. The molecule has 0 saturated heterocycles. The molecule has 6 nitrogen and oxygen atoms in total. The average molecular weight is 261 g/mol. The number of aromatic amines is 1. The fourth-order valence-electron chi connectivity index (χ4n) is 2.56. The van der Waals surface area contributed by atoms with Crippen LogP contribution in [0, 0.1) is 10.1 Å². The molecule has 19 heavy (non-hydrogen) atoms. The number of hydrogen-bond donors (Lipinski definition) is 1. The third kappa shape index (κ3) is 2.38. The third-order valence-electron chi connectivity index (χ3n) is 3.56. The van der Waals surface area contributed by atoms with Gasteiger partial charge in [0.15, 0.2) is 5.75 Å². The number of H-pyrrole nitrogens is 1. The molecule has 1 N–H and O–H groups in total. The molecule has 3 rings (SSSR count). The zero-order chi connectivity index (χ0) is 13.2. The number of ether oxygens (including phenoxy) is 1. The summed E-state index contributed by atoms with van der Waals surface area (Å²) in [5.74, 6) is 0.341. The van der Waals surface area contributed by atoms with Crippen molar-refractivity contribution >= 4 is 16.6 Å². The van der Waals surface area contributed by atoms with Crippen LogP contribution in [0.25, 0.3) is 10.9 Å². The molecule has 0 amide bonds. The number of fused-ring (bicyclic) bond motifs is 1. The van der Waals surface area contributed by atoms with Gasteiger partial charge in [-0.1, -0.05) is 6.42 Å². The Bertz CT molecular complexity index is 602. The summed E-state index contributed by atoms with van der Waals surface area (Å²) < 4.78 is 5.84. The standard InChI is InChI=1S/C13H15N3O3/c17-16(18)12-6-9-8-14-15-11(9)7-13(12)19-10-4-2-1-3-5-10/h6-8,10H,1-5H2,(H,14,15). The second-order valence-corrected chi connectivity index (χ2v) is 4.91. The van der Waals surface area contributed by atoms with Crippen LogP contribution in [0.4, 0.5) is 5.69 Å². The van der Waals surface area contributed by atoms with Gasteiger partial charge in [0.05, 0.1) is 22.7 Å². The number of benzene rings is 1. The SMILES string of the molecule is O=[N+]([O-])c1cc2cn[nH]c2cc1OC1CCCCC1. The van der Waals surface area contributed by atoms with E-state index in [2.05, 4.69) is 10.2 Å². The van der Waals surface area contributed by atoms with Crippen LogP contribution in [0.2, 0.25) is 0 Å².